The minimum absolute atomic E-state index is 0.170. The van der Waals surface area contributed by atoms with Crippen molar-refractivity contribution in [2.24, 2.45) is 0 Å². The summed E-state index contributed by atoms with van der Waals surface area (Å²) >= 11 is 19.4. The maximum atomic E-state index is 6.48. The highest BCUT2D eigenvalue weighted by Gasteiger charge is 2.51. The summed E-state index contributed by atoms with van der Waals surface area (Å²) in [5.41, 5.74) is 2.15. The molecule has 6 rings (SSSR count). The van der Waals surface area contributed by atoms with Crippen LogP contribution < -0.4 is 0 Å². The molecule has 7 atom stereocenters. The van der Waals surface area contributed by atoms with Gasteiger partial charge in [0.05, 0.1) is 13.2 Å². The molecule has 9 heteroatoms. The Balaban J connectivity index is 1.36. The van der Waals surface area contributed by atoms with Gasteiger partial charge in [0, 0.05) is 31.8 Å². The molecule has 0 radical (unpaired) electrons. The second kappa shape index (κ2) is 10.6. The summed E-state index contributed by atoms with van der Waals surface area (Å²) in [7, 11) is 0. The highest BCUT2D eigenvalue weighted by atomic mass is 35.5. The summed E-state index contributed by atoms with van der Waals surface area (Å²) in [6, 6.07) is 22.3. The van der Waals surface area contributed by atoms with Gasteiger partial charge < -0.3 is 28.4 Å². The summed E-state index contributed by atoms with van der Waals surface area (Å²) in [6.45, 7) is 0.340. The smallest absolute Gasteiger partial charge is 0.186 e. The second-order valence-electron chi connectivity index (χ2n) is 8.78. The normalized spacial score (nSPS) is 32.2. The molecule has 3 saturated heterocycles. The zero-order chi connectivity index (χ0) is 24.6. The van der Waals surface area contributed by atoms with Crippen molar-refractivity contribution in [3.63, 3.8) is 0 Å². The van der Waals surface area contributed by atoms with Crippen LogP contribution in [0.15, 0.2) is 72.8 Å². The van der Waals surface area contributed by atoms with Gasteiger partial charge in [-0.25, -0.2) is 0 Å². The first-order chi connectivity index (χ1) is 17.6. The fourth-order valence-corrected chi connectivity index (χ4v) is 5.40. The van der Waals surface area contributed by atoms with E-state index >= 15 is 0 Å². The molecule has 4 bridgehead atoms. The fourth-order valence-electron chi connectivity index (χ4n) is 4.73. The zero-order valence-electron chi connectivity index (χ0n) is 19.0. The summed E-state index contributed by atoms with van der Waals surface area (Å²) < 4.78 is 38.2. The van der Waals surface area contributed by atoms with Gasteiger partial charge in [-0.3, -0.25) is 0 Å². The third-order valence-corrected chi connectivity index (χ3v) is 7.55. The van der Waals surface area contributed by atoms with Crippen LogP contribution in [0.5, 0.6) is 0 Å². The molecule has 0 saturated carbocycles. The molecule has 0 amide bonds. The Morgan fingerprint density at radius 2 is 0.833 bits per heavy atom. The molecule has 0 spiro atoms. The fraction of sp³-hybridized carbons (Fsp3) is 0.333. The molecule has 3 fully saturated rings. The van der Waals surface area contributed by atoms with Gasteiger partial charge in [0.2, 0.25) is 0 Å². The third-order valence-electron chi connectivity index (χ3n) is 6.52. The molecular formula is C27H23Cl3O6. The van der Waals surface area contributed by atoms with E-state index in [1.165, 1.54) is 0 Å². The van der Waals surface area contributed by atoms with Gasteiger partial charge >= 0.3 is 0 Å². The molecule has 3 heterocycles. The average Bonchev–Trinajstić information content (AvgIpc) is 3.08. The van der Waals surface area contributed by atoms with Crippen LogP contribution in [0.25, 0.3) is 0 Å². The maximum Gasteiger partial charge on any atom is 0.186 e. The van der Waals surface area contributed by atoms with Crippen molar-refractivity contribution < 1.29 is 28.4 Å². The number of rotatable bonds is 3. The number of hydrogen-bond acceptors (Lipinski definition) is 6. The molecule has 0 N–H and O–H groups in total. The van der Waals surface area contributed by atoms with Crippen LogP contribution in [0.4, 0.5) is 0 Å². The first-order valence-electron chi connectivity index (χ1n) is 11.7. The van der Waals surface area contributed by atoms with Gasteiger partial charge in [-0.05, 0) is 18.2 Å². The van der Waals surface area contributed by atoms with Crippen molar-refractivity contribution in [3.05, 3.63) is 105 Å². The highest BCUT2D eigenvalue weighted by Crippen LogP contribution is 2.44. The first-order valence-corrected chi connectivity index (χ1v) is 12.8. The Morgan fingerprint density at radius 3 is 1.31 bits per heavy atom. The van der Waals surface area contributed by atoms with Crippen LogP contribution in [-0.4, -0.2) is 37.6 Å². The van der Waals surface area contributed by atoms with Gasteiger partial charge in [0.1, 0.15) is 24.4 Å². The maximum absolute atomic E-state index is 6.48. The van der Waals surface area contributed by atoms with Gasteiger partial charge in [-0.1, -0.05) is 89.4 Å². The van der Waals surface area contributed by atoms with Gasteiger partial charge in [0.15, 0.2) is 18.9 Å². The van der Waals surface area contributed by atoms with Crippen molar-refractivity contribution in [1.29, 1.82) is 0 Å². The highest BCUT2D eigenvalue weighted by molar-refractivity contribution is 6.32. The Morgan fingerprint density at radius 1 is 0.472 bits per heavy atom. The number of halogens is 3. The van der Waals surface area contributed by atoms with E-state index in [-0.39, 0.29) is 13.2 Å². The van der Waals surface area contributed by atoms with E-state index in [9.17, 15) is 0 Å². The quantitative estimate of drug-likeness (QED) is 0.364. The molecule has 188 valence electrons. The monoisotopic (exact) mass is 548 g/mol. The molecule has 3 aliphatic rings. The van der Waals surface area contributed by atoms with E-state index in [1.807, 2.05) is 54.6 Å². The van der Waals surface area contributed by atoms with Gasteiger partial charge in [-0.15, -0.1) is 0 Å². The predicted molar refractivity (Wildman–Crippen MR) is 134 cm³/mol. The molecule has 3 aliphatic heterocycles. The van der Waals surface area contributed by atoms with Crippen LogP contribution in [0.3, 0.4) is 0 Å². The first kappa shape index (κ1) is 24.6. The standard InChI is InChI=1S/C27H23Cl3O6/c28-18-10-4-1-7-15(18)25-31-14-22-23-24(36-27(34-22)17-9-3-6-12-20(17)30)21(33-25)13-32-26(35-23)16-8-2-5-11-19(16)29/h1-12,21-27H,13-14H2/t21-,22+,23+,24+,25?,26?,27?/m1/s1. The topological polar surface area (TPSA) is 55.4 Å². The Labute approximate surface area is 223 Å². The molecular weight excluding hydrogens is 527 g/mol. The van der Waals surface area contributed by atoms with E-state index in [4.69, 9.17) is 63.2 Å². The lowest BCUT2D eigenvalue weighted by Crippen LogP contribution is -2.57. The molecule has 0 aromatic heterocycles. The van der Waals surface area contributed by atoms with Crippen molar-refractivity contribution >= 4 is 34.8 Å². The van der Waals surface area contributed by atoms with E-state index in [1.54, 1.807) is 18.2 Å². The summed E-state index contributed by atoms with van der Waals surface area (Å²) in [6.07, 6.45) is -4.34. The van der Waals surface area contributed by atoms with Gasteiger partial charge in [-0.2, -0.15) is 0 Å². The second-order valence-corrected chi connectivity index (χ2v) is 10.00. The lowest BCUT2D eigenvalue weighted by atomic mass is 10.00. The third kappa shape index (κ3) is 4.78. The van der Waals surface area contributed by atoms with Crippen molar-refractivity contribution in [1.82, 2.24) is 0 Å². The molecule has 36 heavy (non-hydrogen) atoms. The Bertz CT molecular complexity index is 1120. The van der Waals surface area contributed by atoms with Crippen molar-refractivity contribution in [2.45, 2.75) is 43.3 Å². The van der Waals surface area contributed by atoms with Gasteiger partial charge in [0.25, 0.3) is 0 Å². The van der Waals surface area contributed by atoms with Crippen LogP contribution >= 0.6 is 34.8 Å². The Hall–Kier alpha value is -1.71. The van der Waals surface area contributed by atoms with Crippen LogP contribution in [-0.2, 0) is 28.4 Å². The lowest BCUT2D eigenvalue weighted by molar-refractivity contribution is -0.354. The zero-order valence-corrected chi connectivity index (χ0v) is 21.2. The average molecular weight is 550 g/mol. The largest absolute Gasteiger partial charge is 0.346 e. The summed E-state index contributed by atoms with van der Waals surface area (Å²) in [5, 5.41) is 1.63. The molecule has 3 unspecified atom stereocenters. The van der Waals surface area contributed by atoms with Crippen molar-refractivity contribution in [2.75, 3.05) is 13.2 Å². The van der Waals surface area contributed by atoms with Crippen LogP contribution in [0.1, 0.15) is 35.6 Å². The predicted octanol–water partition coefficient (Wildman–Crippen LogP) is 6.66. The summed E-state index contributed by atoms with van der Waals surface area (Å²) in [4.78, 5) is 0. The Kier molecular flexibility index (Phi) is 7.23. The molecule has 3 aromatic carbocycles. The van der Waals surface area contributed by atoms with E-state index in [2.05, 4.69) is 0 Å². The van der Waals surface area contributed by atoms with E-state index in [0.29, 0.717) is 26.2 Å². The number of benzene rings is 3. The number of hydrogen-bond donors (Lipinski definition) is 0. The lowest BCUT2D eigenvalue weighted by Gasteiger charge is -2.45. The number of ether oxygens (including phenoxy) is 6. The summed E-state index contributed by atoms with van der Waals surface area (Å²) in [5.74, 6) is 0. The minimum atomic E-state index is -0.737. The molecule has 3 aromatic rings. The minimum Gasteiger partial charge on any atom is -0.346 e. The van der Waals surface area contributed by atoms with Crippen LogP contribution in [0.2, 0.25) is 15.1 Å². The molecule has 6 nitrogen and oxygen atoms in total. The van der Waals surface area contributed by atoms with Crippen molar-refractivity contribution in [3.8, 4) is 0 Å². The van der Waals surface area contributed by atoms with Crippen LogP contribution in [0, 0.1) is 0 Å². The SMILES string of the molecule is Clc1ccccc1C1OC[C@H]2OC(c3ccccc3Cl)OC[C@@H]3OC(c4ccccc4Cl)O[C@@H]2[C@H]3O1. The van der Waals surface area contributed by atoms with E-state index in [0.717, 1.165) is 5.56 Å². The molecule has 0 aliphatic carbocycles. The van der Waals surface area contributed by atoms with E-state index < -0.39 is 43.3 Å².